The Hall–Kier alpha value is -4.03. The summed E-state index contributed by atoms with van der Waals surface area (Å²) in [6.45, 7) is 2.48. The van der Waals surface area contributed by atoms with Crippen LogP contribution in [0.15, 0.2) is 97.1 Å². The molecular formula is C28H25N3O2S. The van der Waals surface area contributed by atoms with Crippen LogP contribution in [0.5, 0.6) is 0 Å². The zero-order chi connectivity index (χ0) is 23.9. The van der Waals surface area contributed by atoms with Gasteiger partial charge in [-0.25, -0.2) is 0 Å². The highest BCUT2D eigenvalue weighted by Crippen LogP contribution is 2.20. The molecule has 170 valence electrons. The van der Waals surface area contributed by atoms with E-state index in [-0.39, 0.29) is 23.3 Å². The van der Waals surface area contributed by atoms with Crippen molar-refractivity contribution in [3.05, 3.63) is 108 Å². The van der Waals surface area contributed by atoms with E-state index in [0.29, 0.717) is 17.8 Å². The van der Waals surface area contributed by atoms with E-state index in [9.17, 15) is 9.59 Å². The minimum atomic E-state index is -0.206. The van der Waals surface area contributed by atoms with Crippen LogP contribution in [-0.2, 0) is 11.2 Å². The molecule has 0 aliphatic rings. The predicted molar refractivity (Wildman–Crippen MR) is 142 cm³/mol. The Kier molecular flexibility index (Phi) is 7.30. The lowest BCUT2D eigenvalue weighted by Gasteiger charge is -2.21. The molecule has 0 heterocycles. The standard InChI is InChI=1S/C28H25N3O2S/c1-2-31(24-15-4-3-5-16-24)27(33)22-13-9-14-23(18-22)29-28(34)30-26(32)19-21-12-8-11-20-10-6-7-17-25(20)21/h3-18H,2,19H2,1H3,(H2,29,30,32,34). The minimum Gasteiger partial charge on any atom is -0.332 e. The molecule has 0 saturated carbocycles. The molecular weight excluding hydrogens is 442 g/mol. The number of hydrogen-bond donors (Lipinski definition) is 2. The molecule has 4 rings (SSSR count). The van der Waals surface area contributed by atoms with Crippen molar-refractivity contribution in [3.63, 3.8) is 0 Å². The first-order valence-electron chi connectivity index (χ1n) is 11.1. The van der Waals surface area contributed by atoms with E-state index in [4.69, 9.17) is 12.2 Å². The molecule has 0 aromatic heterocycles. The van der Waals surface area contributed by atoms with Crippen LogP contribution in [0.3, 0.4) is 0 Å². The van der Waals surface area contributed by atoms with Crippen LogP contribution in [0, 0.1) is 0 Å². The highest BCUT2D eigenvalue weighted by molar-refractivity contribution is 7.80. The quantitative estimate of drug-likeness (QED) is 0.364. The summed E-state index contributed by atoms with van der Waals surface area (Å²) in [5, 5.41) is 8.07. The number of fused-ring (bicyclic) bond motifs is 1. The lowest BCUT2D eigenvalue weighted by atomic mass is 10.0. The van der Waals surface area contributed by atoms with E-state index in [0.717, 1.165) is 22.0 Å². The zero-order valence-electron chi connectivity index (χ0n) is 18.8. The molecule has 0 aliphatic carbocycles. The van der Waals surface area contributed by atoms with Gasteiger partial charge < -0.3 is 15.5 Å². The maximum Gasteiger partial charge on any atom is 0.258 e. The van der Waals surface area contributed by atoms with Crippen LogP contribution in [-0.4, -0.2) is 23.5 Å². The maximum absolute atomic E-state index is 13.1. The van der Waals surface area contributed by atoms with Crippen LogP contribution in [0.25, 0.3) is 10.8 Å². The van der Waals surface area contributed by atoms with Gasteiger partial charge in [0.05, 0.1) is 6.42 Å². The van der Waals surface area contributed by atoms with Gasteiger partial charge >= 0.3 is 0 Å². The van der Waals surface area contributed by atoms with Crippen molar-refractivity contribution in [2.45, 2.75) is 13.3 Å². The maximum atomic E-state index is 13.1. The van der Waals surface area contributed by atoms with Crippen LogP contribution < -0.4 is 15.5 Å². The SMILES string of the molecule is CCN(C(=O)c1cccc(NC(=S)NC(=O)Cc2cccc3ccccc23)c1)c1ccccc1. The Morgan fingerprint density at radius 1 is 0.853 bits per heavy atom. The Morgan fingerprint density at radius 3 is 2.35 bits per heavy atom. The minimum absolute atomic E-state index is 0.108. The molecule has 0 radical (unpaired) electrons. The number of amides is 2. The number of para-hydroxylation sites is 1. The number of rotatable bonds is 6. The highest BCUT2D eigenvalue weighted by Gasteiger charge is 2.16. The van der Waals surface area contributed by atoms with Gasteiger partial charge in [0.15, 0.2) is 5.11 Å². The third-order valence-electron chi connectivity index (χ3n) is 5.48. The van der Waals surface area contributed by atoms with Crippen LogP contribution >= 0.6 is 12.2 Å². The van der Waals surface area contributed by atoms with E-state index in [2.05, 4.69) is 10.6 Å². The van der Waals surface area contributed by atoms with Gasteiger partial charge in [-0.1, -0.05) is 66.7 Å². The number of nitrogens with one attached hydrogen (secondary N) is 2. The third-order valence-corrected chi connectivity index (χ3v) is 5.68. The van der Waals surface area contributed by atoms with Crippen molar-refractivity contribution in [1.29, 1.82) is 0 Å². The number of carbonyl (C=O) groups excluding carboxylic acids is 2. The average Bonchev–Trinajstić information content (AvgIpc) is 2.85. The number of anilines is 2. The van der Waals surface area contributed by atoms with Gasteiger partial charge in [0.25, 0.3) is 5.91 Å². The van der Waals surface area contributed by atoms with Crippen LogP contribution in [0.2, 0.25) is 0 Å². The first-order chi connectivity index (χ1) is 16.5. The molecule has 0 fully saturated rings. The van der Waals surface area contributed by atoms with Crippen molar-refractivity contribution in [1.82, 2.24) is 5.32 Å². The lowest BCUT2D eigenvalue weighted by Crippen LogP contribution is -2.35. The van der Waals surface area contributed by atoms with Crippen molar-refractivity contribution in [2.75, 3.05) is 16.8 Å². The summed E-state index contributed by atoms with van der Waals surface area (Å²) in [6.07, 6.45) is 0.213. The van der Waals surface area contributed by atoms with E-state index in [1.54, 1.807) is 29.2 Å². The van der Waals surface area contributed by atoms with Crippen molar-refractivity contribution in [3.8, 4) is 0 Å². The Morgan fingerprint density at radius 2 is 1.56 bits per heavy atom. The molecule has 0 spiro atoms. The van der Waals surface area contributed by atoms with Crippen molar-refractivity contribution >= 4 is 51.3 Å². The Balaban J connectivity index is 1.41. The summed E-state index contributed by atoms with van der Waals surface area (Å²) in [5.41, 5.74) is 2.93. The fourth-order valence-electron chi connectivity index (χ4n) is 3.89. The summed E-state index contributed by atoms with van der Waals surface area (Å²) >= 11 is 5.35. The van der Waals surface area contributed by atoms with E-state index < -0.39 is 0 Å². The number of carbonyl (C=O) groups is 2. The molecule has 6 heteroatoms. The smallest absolute Gasteiger partial charge is 0.258 e. The van der Waals surface area contributed by atoms with Gasteiger partial charge in [-0.2, -0.15) is 0 Å². The number of hydrogen-bond acceptors (Lipinski definition) is 3. The summed E-state index contributed by atoms with van der Waals surface area (Å²) in [7, 11) is 0. The zero-order valence-corrected chi connectivity index (χ0v) is 19.6. The third kappa shape index (κ3) is 5.47. The fraction of sp³-hybridized carbons (Fsp3) is 0.107. The molecule has 2 N–H and O–H groups in total. The molecule has 0 saturated heterocycles. The van der Waals surface area contributed by atoms with E-state index in [1.165, 1.54) is 0 Å². The predicted octanol–water partition coefficient (Wildman–Crippen LogP) is 5.56. The second kappa shape index (κ2) is 10.7. The van der Waals surface area contributed by atoms with Crippen LogP contribution in [0.4, 0.5) is 11.4 Å². The summed E-state index contributed by atoms with van der Waals surface area (Å²) in [6, 6.07) is 30.5. The Bertz CT molecular complexity index is 1330. The second-order valence-corrected chi connectivity index (χ2v) is 8.19. The largest absolute Gasteiger partial charge is 0.332 e. The van der Waals surface area contributed by atoms with Gasteiger partial charge in [0.1, 0.15) is 0 Å². The molecule has 0 atom stereocenters. The van der Waals surface area contributed by atoms with Gasteiger partial charge in [-0.15, -0.1) is 0 Å². The lowest BCUT2D eigenvalue weighted by molar-refractivity contribution is -0.119. The van der Waals surface area contributed by atoms with E-state index in [1.807, 2.05) is 79.7 Å². The molecule has 34 heavy (non-hydrogen) atoms. The highest BCUT2D eigenvalue weighted by atomic mass is 32.1. The second-order valence-electron chi connectivity index (χ2n) is 7.78. The number of thiocarbonyl (C=S) groups is 1. The summed E-state index contributed by atoms with van der Waals surface area (Å²) in [4.78, 5) is 27.4. The monoisotopic (exact) mass is 467 g/mol. The number of benzene rings is 4. The molecule has 2 amide bonds. The molecule has 4 aromatic rings. The first-order valence-corrected chi connectivity index (χ1v) is 11.5. The molecule has 4 aromatic carbocycles. The molecule has 0 bridgehead atoms. The normalized spacial score (nSPS) is 10.5. The van der Waals surface area contributed by atoms with Gasteiger partial charge in [-0.05, 0) is 65.8 Å². The van der Waals surface area contributed by atoms with E-state index >= 15 is 0 Å². The average molecular weight is 468 g/mol. The Labute approximate surface area is 204 Å². The molecule has 0 aliphatic heterocycles. The number of nitrogens with zero attached hydrogens (tertiary/aromatic N) is 1. The molecule has 5 nitrogen and oxygen atoms in total. The van der Waals surface area contributed by atoms with Crippen molar-refractivity contribution in [2.24, 2.45) is 0 Å². The summed E-state index contributed by atoms with van der Waals surface area (Å²) < 4.78 is 0. The van der Waals surface area contributed by atoms with Crippen molar-refractivity contribution < 1.29 is 9.59 Å². The van der Waals surface area contributed by atoms with Gasteiger partial charge in [-0.3, -0.25) is 9.59 Å². The summed E-state index contributed by atoms with van der Waals surface area (Å²) in [5.74, 6) is -0.314. The van der Waals surface area contributed by atoms with Gasteiger partial charge in [0.2, 0.25) is 5.91 Å². The molecule has 0 unspecified atom stereocenters. The first kappa shape index (κ1) is 23.1. The topological polar surface area (TPSA) is 61.4 Å². The fourth-order valence-corrected chi connectivity index (χ4v) is 4.12. The van der Waals surface area contributed by atoms with Gasteiger partial charge in [0, 0.05) is 23.5 Å². The van der Waals surface area contributed by atoms with Crippen LogP contribution in [0.1, 0.15) is 22.8 Å².